The van der Waals surface area contributed by atoms with E-state index in [2.05, 4.69) is 4.98 Å². The molecule has 3 N–H and O–H groups in total. The fourth-order valence-electron chi connectivity index (χ4n) is 2.93. The quantitative estimate of drug-likeness (QED) is 0.612. The molecule has 0 bridgehead atoms. The van der Waals surface area contributed by atoms with Crippen LogP contribution in [0.5, 0.6) is 0 Å². The van der Waals surface area contributed by atoms with E-state index in [0.29, 0.717) is 19.4 Å². The number of amides is 1. The van der Waals surface area contributed by atoms with Crippen LogP contribution in [0.4, 0.5) is 11.5 Å². The number of H-pyrrole nitrogens is 1. The van der Waals surface area contributed by atoms with Crippen LogP contribution in [0.15, 0.2) is 9.59 Å². The van der Waals surface area contributed by atoms with Gasteiger partial charge in [0.25, 0.3) is 11.5 Å². The van der Waals surface area contributed by atoms with Gasteiger partial charge < -0.3 is 15.4 Å². The Morgan fingerprint density at radius 3 is 2.52 bits per heavy atom. The molecule has 1 amide bonds. The number of ether oxygens (including phenoxy) is 1. The second kappa shape index (κ2) is 8.88. The normalized spacial score (nSPS) is 18.2. The van der Waals surface area contributed by atoms with Crippen LogP contribution < -0.4 is 21.9 Å². The fourth-order valence-corrected chi connectivity index (χ4v) is 2.93. The van der Waals surface area contributed by atoms with Crippen molar-refractivity contribution in [1.82, 2.24) is 9.55 Å². The van der Waals surface area contributed by atoms with Crippen LogP contribution in [-0.4, -0.2) is 34.6 Å². The maximum atomic E-state index is 12.7. The lowest BCUT2D eigenvalue weighted by Gasteiger charge is -2.24. The van der Waals surface area contributed by atoms with E-state index in [1.165, 1.54) is 9.47 Å². The summed E-state index contributed by atoms with van der Waals surface area (Å²) in [5, 5.41) is 0. The van der Waals surface area contributed by atoms with Gasteiger partial charge in [0.15, 0.2) is 12.3 Å². The highest BCUT2D eigenvalue weighted by Crippen LogP contribution is 2.38. The van der Waals surface area contributed by atoms with E-state index in [9.17, 15) is 19.2 Å². The second-order valence-corrected chi connectivity index (χ2v) is 6.97. The van der Waals surface area contributed by atoms with E-state index < -0.39 is 29.7 Å². The number of carbonyl (C=O) groups excluding carboxylic acids is 2. The average molecular weight is 380 g/mol. The monoisotopic (exact) mass is 380 g/mol. The molecule has 9 nitrogen and oxygen atoms in total. The van der Waals surface area contributed by atoms with Gasteiger partial charge >= 0.3 is 11.7 Å². The van der Waals surface area contributed by atoms with Gasteiger partial charge in [0.1, 0.15) is 5.82 Å². The number of nitrogens with zero attached hydrogens (tertiary/aromatic N) is 2. The summed E-state index contributed by atoms with van der Waals surface area (Å²) in [5.74, 6) is -0.868. The van der Waals surface area contributed by atoms with Crippen molar-refractivity contribution < 1.29 is 14.3 Å². The molecular weight excluding hydrogens is 352 g/mol. The summed E-state index contributed by atoms with van der Waals surface area (Å²) in [7, 11) is 0. The summed E-state index contributed by atoms with van der Waals surface area (Å²) in [6, 6.07) is 0. The molecule has 0 aliphatic heterocycles. The van der Waals surface area contributed by atoms with Crippen LogP contribution in [0.1, 0.15) is 46.5 Å². The molecular formula is C18H28N4O5. The van der Waals surface area contributed by atoms with Crippen molar-refractivity contribution in [1.29, 1.82) is 0 Å². The molecule has 2 atom stereocenters. The summed E-state index contributed by atoms with van der Waals surface area (Å²) in [6.45, 7) is 5.86. The SMILES string of the molecule is CCCCN(C(=O)COC(=O)[C@H]1C[C@H]1C)c1c(N)n(CCC)c(=O)[nH]c1=O. The number of carbonyl (C=O) groups is 2. The molecule has 1 fully saturated rings. The topological polar surface area (TPSA) is 127 Å². The zero-order valence-electron chi connectivity index (χ0n) is 16.1. The molecule has 1 aliphatic rings. The molecule has 9 heteroatoms. The largest absolute Gasteiger partial charge is 0.455 e. The van der Waals surface area contributed by atoms with E-state index in [1.54, 1.807) is 0 Å². The molecule has 1 aliphatic carbocycles. The number of nitrogen functional groups attached to an aromatic ring is 1. The maximum Gasteiger partial charge on any atom is 0.330 e. The molecule has 1 aromatic rings. The molecule has 0 saturated heterocycles. The smallest absolute Gasteiger partial charge is 0.330 e. The third kappa shape index (κ3) is 4.78. The van der Waals surface area contributed by atoms with Crippen LogP contribution in [0, 0.1) is 11.8 Å². The Morgan fingerprint density at radius 1 is 1.30 bits per heavy atom. The summed E-state index contributed by atoms with van der Waals surface area (Å²) < 4.78 is 6.35. The van der Waals surface area contributed by atoms with E-state index >= 15 is 0 Å². The van der Waals surface area contributed by atoms with Crippen molar-refractivity contribution in [3.05, 3.63) is 20.8 Å². The number of anilines is 2. The first kappa shape index (κ1) is 20.7. The molecule has 1 saturated carbocycles. The van der Waals surface area contributed by atoms with Crippen molar-refractivity contribution in [2.45, 2.75) is 53.0 Å². The number of aromatic amines is 1. The minimum absolute atomic E-state index is 0.0582. The first-order chi connectivity index (χ1) is 12.8. The van der Waals surface area contributed by atoms with Gasteiger partial charge in [0.05, 0.1) is 5.92 Å². The van der Waals surface area contributed by atoms with Gasteiger partial charge in [-0.05, 0) is 25.2 Å². The number of hydrogen-bond donors (Lipinski definition) is 2. The number of nitrogens with one attached hydrogen (secondary N) is 1. The van der Waals surface area contributed by atoms with Gasteiger partial charge in [-0.3, -0.25) is 23.9 Å². The highest BCUT2D eigenvalue weighted by molar-refractivity contribution is 5.97. The van der Waals surface area contributed by atoms with Gasteiger partial charge in [0, 0.05) is 13.1 Å². The summed E-state index contributed by atoms with van der Waals surface area (Å²) in [5.41, 5.74) is 4.65. The highest BCUT2D eigenvalue weighted by Gasteiger charge is 2.41. The van der Waals surface area contributed by atoms with Gasteiger partial charge in [-0.15, -0.1) is 0 Å². The van der Waals surface area contributed by atoms with Gasteiger partial charge in [0.2, 0.25) is 0 Å². The standard InChI is InChI=1S/C18H28N4O5/c1-4-6-8-21(13(23)10-27-17(25)12-9-11(12)3)14-15(19)22(7-5-2)18(26)20-16(14)24/h11-12H,4-10,19H2,1-3H3,(H,20,24,26)/t11-,12+/m1/s1. The Labute approximate surface area is 157 Å². The van der Waals surface area contributed by atoms with Crippen LogP contribution >= 0.6 is 0 Å². The zero-order valence-corrected chi connectivity index (χ0v) is 16.1. The van der Waals surface area contributed by atoms with E-state index in [0.717, 1.165) is 12.8 Å². The Bertz CT molecular complexity index is 813. The van der Waals surface area contributed by atoms with Crippen LogP contribution in [0.3, 0.4) is 0 Å². The average Bonchev–Trinajstić information content (AvgIpc) is 3.35. The summed E-state index contributed by atoms with van der Waals surface area (Å²) in [6.07, 6.45) is 2.82. The van der Waals surface area contributed by atoms with Gasteiger partial charge in [-0.25, -0.2) is 4.79 Å². The van der Waals surface area contributed by atoms with E-state index in [4.69, 9.17) is 10.5 Å². The van der Waals surface area contributed by atoms with Crippen molar-refractivity contribution in [2.75, 3.05) is 23.8 Å². The van der Waals surface area contributed by atoms with E-state index in [-0.39, 0.29) is 29.9 Å². The number of rotatable bonds is 9. The lowest BCUT2D eigenvalue weighted by molar-refractivity contribution is -0.149. The Kier molecular flexibility index (Phi) is 6.81. The Hall–Kier alpha value is -2.58. The molecule has 0 unspecified atom stereocenters. The third-order valence-corrected chi connectivity index (χ3v) is 4.72. The first-order valence-electron chi connectivity index (χ1n) is 9.41. The number of nitrogens with two attached hydrogens (primary N) is 1. The molecule has 27 heavy (non-hydrogen) atoms. The molecule has 1 heterocycles. The van der Waals surface area contributed by atoms with Gasteiger partial charge in [-0.2, -0.15) is 0 Å². The van der Waals surface area contributed by atoms with Crippen LogP contribution in [0.2, 0.25) is 0 Å². The number of esters is 1. The van der Waals surface area contributed by atoms with Crippen molar-refractivity contribution in [3.63, 3.8) is 0 Å². The van der Waals surface area contributed by atoms with E-state index in [1.807, 2.05) is 20.8 Å². The van der Waals surface area contributed by atoms with Crippen LogP contribution in [0.25, 0.3) is 0 Å². The first-order valence-corrected chi connectivity index (χ1v) is 9.41. The zero-order chi connectivity index (χ0) is 20.1. The Balaban J connectivity index is 2.28. The molecule has 1 aromatic heterocycles. The number of unbranched alkanes of at least 4 members (excludes halogenated alkanes) is 1. The highest BCUT2D eigenvalue weighted by atomic mass is 16.5. The Morgan fingerprint density at radius 2 is 1.96 bits per heavy atom. The maximum absolute atomic E-state index is 12.7. The lowest BCUT2D eigenvalue weighted by atomic mass is 10.2. The second-order valence-electron chi connectivity index (χ2n) is 6.97. The third-order valence-electron chi connectivity index (χ3n) is 4.72. The van der Waals surface area contributed by atoms with Gasteiger partial charge in [-0.1, -0.05) is 27.2 Å². The minimum atomic E-state index is -0.726. The predicted molar refractivity (Wildman–Crippen MR) is 102 cm³/mol. The number of aromatic nitrogens is 2. The lowest BCUT2D eigenvalue weighted by Crippen LogP contribution is -2.43. The minimum Gasteiger partial charge on any atom is -0.455 e. The molecule has 2 rings (SSSR count). The molecule has 0 radical (unpaired) electrons. The number of hydrogen-bond acceptors (Lipinski definition) is 6. The molecule has 0 aromatic carbocycles. The molecule has 150 valence electrons. The van der Waals surface area contributed by atoms with Crippen molar-refractivity contribution in [3.8, 4) is 0 Å². The summed E-state index contributed by atoms with van der Waals surface area (Å²) >= 11 is 0. The fraction of sp³-hybridized carbons (Fsp3) is 0.667. The molecule has 0 spiro atoms. The summed E-state index contributed by atoms with van der Waals surface area (Å²) in [4.78, 5) is 52.4. The predicted octanol–water partition coefficient (Wildman–Crippen LogP) is 0.861. The van der Waals surface area contributed by atoms with Crippen molar-refractivity contribution in [2.24, 2.45) is 11.8 Å². The van der Waals surface area contributed by atoms with Crippen LogP contribution in [-0.2, 0) is 20.9 Å². The van der Waals surface area contributed by atoms with Crippen molar-refractivity contribution >= 4 is 23.4 Å².